The number of aryl methyl sites for hydroxylation is 1. The largest absolute Gasteiger partial charge is 0.378 e. The number of hydrogen-bond donors (Lipinski definition) is 3. The lowest BCUT2D eigenvalue weighted by Gasteiger charge is -2.08. The number of nitrogens with one attached hydrogen (secondary N) is 2. The maximum absolute atomic E-state index is 11.5. The molecular weight excluding hydrogens is 378 g/mol. The zero-order valence-electron chi connectivity index (χ0n) is 16.4. The van der Waals surface area contributed by atoms with Crippen molar-refractivity contribution in [2.75, 3.05) is 5.32 Å². The standard InChI is InChI=1S/C23H21N5O2/c1-16-6-5-7-18(14-16)22-25-21(28(26-22)20-8-3-2-4-9-20)15-24-19-12-10-17(11-13-19)23(29)27-30/h2-14,24,30H,15H2,1H3,(H,27,29). The number of carbonyl (C=O) groups is 1. The maximum atomic E-state index is 11.5. The molecule has 3 aromatic carbocycles. The number of rotatable bonds is 6. The fraction of sp³-hybridized carbons (Fsp3) is 0.0870. The molecule has 7 nitrogen and oxygen atoms in total. The van der Waals surface area contributed by atoms with Gasteiger partial charge in [-0.1, -0.05) is 42.0 Å². The second-order valence-electron chi connectivity index (χ2n) is 6.84. The Balaban J connectivity index is 1.62. The van der Waals surface area contributed by atoms with Crippen molar-refractivity contribution in [2.24, 2.45) is 0 Å². The van der Waals surface area contributed by atoms with Crippen LogP contribution in [0.4, 0.5) is 5.69 Å². The van der Waals surface area contributed by atoms with Crippen LogP contribution >= 0.6 is 0 Å². The van der Waals surface area contributed by atoms with E-state index in [1.165, 1.54) is 0 Å². The van der Waals surface area contributed by atoms with Crippen molar-refractivity contribution in [2.45, 2.75) is 13.5 Å². The van der Waals surface area contributed by atoms with Crippen LogP contribution in [0.15, 0.2) is 78.9 Å². The Hall–Kier alpha value is -3.97. The topological polar surface area (TPSA) is 92.1 Å². The zero-order chi connectivity index (χ0) is 20.9. The van der Waals surface area contributed by atoms with Crippen LogP contribution in [0.1, 0.15) is 21.7 Å². The van der Waals surface area contributed by atoms with Crippen molar-refractivity contribution in [1.82, 2.24) is 20.2 Å². The summed E-state index contributed by atoms with van der Waals surface area (Å²) in [7, 11) is 0. The van der Waals surface area contributed by atoms with Crippen LogP contribution in [-0.4, -0.2) is 25.9 Å². The first kappa shape index (κ1) is 19.4. The molecule has 0 spiro atoms. The van der Waals surface area contributed by atoms with Gasteiger partial charge in [0, 0.05) is 16.8 Å². The van der Waals surface area contributed by atoms with E-state index in [1.54, 1.807) is 29.7 Å². The molecule has 0 atom stereocenters. The fourth-order valence-electron chi connectivity index (χ4n) is 3.13. The summed E-state index contributed by atoms with van der Waals surface area (Å²) >= 11 is 0. The van der Waals surface area contributed by atoms with E-state index < -0.39 is 5.91 Å². The Morgan fingerprint density at radius 3 is 2.47 bits per heavy atom. The molecular formula is C23H21N5O2. The number of carbonyl (C=O) groups excluding carboxylic acids is 1. The van der Waals surface area contributed by atoms with E-state index >= 15 is 0 Å². The molecule has 30 heavy (non-hydrogen) atoms. The summed E-state index contributed by atoms with van der Waals surface area (Å²) in [6.45, 7) is 2.49. The van der Waals surface area contributed by atoms with Gasteiger partial charge < -0.3 is 5.32 Å². The summed E-state index contributed by atoms with van der Waals surface area (Å²) in [5.41, 5.74) is 5.86. The molecule has 0 radical (unpaired) electrons. The zero-order valence-corrected chi connectivity index (χ0v) is 16.4. The quantitative estimate of drug-likeness (QED) is 0.337. The molecule has 4 aromatic rings. The number of para-hydroxylation sites is 1. The molecule has 7 heteroatoms. The van der Waals surface area contributed by atoms with E-state index in [0.29, 0.717) is 17.9 Å². The Morgan fingerprint density at radius 1 is 1.00 bits per heavy atom. The first-order chi connectivity index (χ1) is 14.6. The van der Waals surface area contributed by atoms with Crippen molar-refractivity contribution in [3.05, 3.63) is 95.8 Å². The van der Waals surface area contributed by atoms with Gasteiger partial charge in [0.2, 0.25) is 0 Å². The Kier molecular flexibility index (Phi) is 5.54. The van der Waals surface area contributed by atoms with Crippen LogP contribution in [-0.2, 0) is 6.54 Å². The van der Waals surface area contributed by atoms with Crippen LogP contribution in [0.2, 0.25) is 0 Å². The summed E-state index contributed by atoms with van der Waals surface area (Å²) in [6, 6.07) is 24.8. The van der Waals surface area contributed by atoms with Gasteiger partial charge >= 0.3 is 0 Å². The highest BCUT2D eigenvalue weighted by Crippen LogP contribution is 2.20. The minimum Gasteiger partial charge on any atom is -0.378 e. The lowest BCUT2D eigenvalue weighted by molar-refractivity contribution is 0.0706. The highest BCUT2D eigenvalue weighted by molar-refractivity contribution is 5.93. The Bertz CT molecular complexity index is 1150. The molecule has 0 bridgehead atoms. The third-order valence-corrected chi connectivity index (χ3v) is 4.65. The monoisotopic (exact) mass is 399 g/mol. The average Bonchev–Trinajstić information content (AvgIpc) is 3.22. The van der Waals surface area contributed by atoms with Gasteiger partial charge in [0.05, 0.1) is 12.2 Å². The molecule has 1 amide bonds. The third-order valence-electron chi connectivity index (χ3n) is 4.65. The highest BCUT2D eigenvalue weighted by Gasteiger charge is 2.13. The van der Waals surface area contributed by atoms with E-state index in [2.05, 4.69) is 11.4 Å². The number of aromatic nitrogens is 3. The van der Waals surface area contributed by atoms with E-state index in [-0.39, 0.29) is 0 Å². The summed E-state index contributed by atoms with van der Waals surface area (Å²) in [5.74, 6) is 0.873. The van der Waals surface area contributed by atoms with E-state index in [4.69, 9.17) is 15.3 Å². The van der Waals surface area contributed by atoms with E-state index in [0.717, 1.165) is 28.3 Å². The first-order valence-corrected chi connectivity index (χ1v) is 9.51. The summed E-state index contributed by atoms with van der Waals surface area (Å²) < 4.78 is 1.83. The highest BCUT2D eigenvalue weighted by atomic mass is 16.5. The second-order valence-corrected chi connectivity index (χ2v) is 6.84. The summed E-state index contributed by atoms with van der Waals surface area (Å²) in [6.07, 6.45) is 0. The number of hydroxylamine groups is 1. The number of nitrogens with zero attached hydrogens (tertiary/aromatic N) is 3. The van der Waals surface area contributed by atoms with Gasteiger partial charge in [0.25, 0.3) is 5.91 Å². The van der Waals surface area contributed by atoms with Gasteiger partial charge in [0.1, 0.15) is 0 Å². The minimum absolute atomic E-state index is 0.372. The first-order valence-electron chi connectivity index (χ1n) is 9.51. The molecule has 1 heterocycles. The molecule has 0 saturated carbocycles. The van der Waals surface area contributed by atoms with Gasteiger partial charge in [-0.25, -0.2) is 15.1 Å². The van der Waals surface area contributed by atoms with Gasteiger partial charge in [0.15, 0.2) is 11.6 Å². The maximum Gasteiger partial charge on any atom is 0.274 e. The normalized spacial score (nSPS) is 10.6. The van der Waals surface area contributed by atoms with Gasteiger partial charge in [-0.2, -0.15) is 0 Å². The van der Waals surface area contributed by atoms with Crippen molar-refractivity contribution in [3.8, 4) is 17.1 Å². The predicted molar refractivity (Wildman–Crippen MR) is 115 cm³/mol. The van der Waals surface area contributed by atoms with Gasteiger partial charge in [-0.05, 0) is 49.4 Å². The van der Waals surface area contributed by atoms with Crippen molar-refractivity contribution in [1.29, 1.82) is 0 Å². The van der Waals surface area contributed by atoms with E-state index in [1.807, 2.05) is 60.1 Å². The molecule has 0 aliphatic rings. The Morgan fingerprint density at radius 2 is 1.77 bits per heavy atom. The minimum atomic E-state index is -0.548. The van der Waals surface area contributed by atoms with Crippen molar-refractivity contribution >= 4 is 11.6 Å². The SMILES string of the molecule is Cc1cccc(-c2nc(CNc3ccc(C(=O)NO)cc3)n(-c3ccccc3)n2)c1. The average molecular weight is 399 g/mol. The summed E-state index contributed by atoms with van der Waals surface area (Å²) in [4.78, 5) is 16.2. The number of anilines is 1. The molecule has 0 fully saturated rings. The molecule has 3 N–H and O–H groups in total. The predicted octanol–water partition coefficient (Wildman–Crippen LogP) is 3.97. The molecule has 0 saturated heterocycles. The lowest BCUT2D eigenvalue weighted by atomic mass is 10.1. The number of benzene rings is 3. The lowest BCUT2D eigenvalue weighted by Crippen LogP contribution is -2.18. The molecule has 0 aliphatic heterocycles. The fourth-order valence-corrected chi connectivity index (χ4v) is 3.13. The third kappa shape index (κ3) is 4.21. The van der Waals surface area contributed by atoms with Crippen molar-refractivity contribution in [3.63, 3.8) is 0 Å². The van der Waals surface area contributed by atoms with Crippen LogP contribution in [0.3, 0.4) is 0 Å². The number of hydrogen-bond acceptors (Lipinski definition) is 5. The number of amides is 1. The molecule has 150 valence electrons. The van der Waals surface area contributed by atoms with Crippen LogP contribution < -0.4 is 10.8 Å². The smallest absolute Gasteiger partial charge is 0.274 e. The second kappa shape index (κ2) is 8.59. The molecule has 0 aliphatic carbocycles. The van der Waals surface area contributed by atoms with Crippen molar-refractivity contribution < 1.29 is 10.0 Å². The Labute approximate surface area is 174 Å². The molecule has 0 unspecified atom stereocenters. The van der Waals surface area contributed by atoms with Crippen LogP contribution in [0.5, 0.6) is 0 Å². The van der Waals surface area contributed by atoms with Crippen LogP contribution in [0, 0.1) is 6.92 Å². The van der Waals surface area contributed by atoms with E-state index in [9.17, 15) is 4.79 Å². The van der Waals surface area contributed by atoms with Gasteiger partial charge in [-0.3, -0.25) is 10.0 Å². The molecule has 4 rings (SSSR count). The van der Waals surface area contributed by atoms with Crippen LogP contribution in [0.25, 0.3) is 17.1 Å². The van der Waals surface area contributed by atoms with Gasteiger partial charge in [-0.15, -0.1) is 5.10 Å². The molecule has 1 aromatic heterocycles. The summed E-state index contributed by atoms with van der Waals surface area (Å²) in [5, 5.41) is 16.8.